The van der Waals surface area contributed by atoms with E-state index in [4.69, 9.17) is 11.6 Å². The Balaban J connectivity index is 3.10. The van der Waals surface area contributed by atoms with Gasteiger partial charge >= 0.3 is 11.4 Å². The van der Waals surface area contributed by atoms with Crippen LogP contribution in [0.4, 0.5) is 0 Å². The minimum atomic E-state index is -0.759. The van der Waals surface area contributed by atoms with Crippen molar-refractivity contribution >= 4 is 28.7 Å². The first-order valence-corrected chi connectivity index (χ1v) is 4.49. The first kappa shape index (κ1) is 9.73. The number of aromatic nitrogens is 1. The predicted octanol–water partition coefficient (Wildman–Crippen LogP) is 1.71. The molecule has 0 radical (unpaired) electrons. The maximum absolute atomic E-state index is 11.3. The Labute approximate surface area is 89.0 Å². The molecule has 0 aliphatic carbocycles. The average molecular weight is 224 g/mol. The van der Waals surface area contributed by atoms with E-state index in [1.807, 2.05) is 0 Å². The second-order valence-corrected chi connectivity index (χ2v) is 3.31. The summed E-state index contributed by atoms with van der Waals surface area (Å²) in [7, 11) is 0. The van der Waals surface area contributed by atoms with Crippen molar-refractivity contribution in [1.29, 1.82) is 0 Å². The molecule has 1 heterocycles. The Bertz CT molecular complexity index is 654. The minimum absolute atomic E-state index is 0.252. The molecule has 0 fully saturated rings. The van der Waals surface area contributed by atoms with Crippen LogP contribution in [0, 0.1) is 0 Å². The number of nitrogens with zero attached hydrogens (tertiary/aromatic N) is 1. The topological polar surface area (TPSA) is 52.2 Å². The van der Waals surface area contributed by atoms with Crippen molar-refractivity contribution in [2.45, 2.75) is 0 Å². The van der Waals surface area contributed by atoms with E-state index in [1.165, 1.54) is 12.3 Å². The number of halogens is 1. The zero-order valence-electron chi connectivity index (χ0n) is 7.57. The van der Waals surface area contributed by atoms with Crippen LogP contribution >= 0.6 is 11.6 Å². The first-order chi connectivity index (χ1) is 7.13. The van der Waals surface area contributed by atoms with Crippen molar-refractivity contribution in [1.82, 2.24) is 4.57 Å². The summed E-state index contributed by atoms with van der Waals surface area (Å²) in [5.41, 5.74) is -0.272. The third-order valence-corrected chi connectivity index (χ3v) is 2.23. The normalized spacial score (nSPS) is 10.5. The fourth-order valence-electron chi connectivity index (χ4n) is 1.34. The lowest BCUT2D eigenvalue weighted by Crippen LogP contribution is -2.21. The van der Waals surface area contributed by atoms with Crippen LogP contribution in [0.15, 0.2) is 38.8 Å². The van der Waals surface area contributed by atoms with Gasteiger partial charge in [0.05, 0.1) is 10.9 Å². The highest BCUT2D eigenvalue weighted by Crippen LogP contribution is 2.15. The molecule has 4 nitrogen and oxygen atoms in total. The summed E-state index contributed by atoms with van der Waals surface area (Å²) in [6.45, 7) is 3.46. The molecule has 2 rings (SSSR count). The second-order valence-electron chi connectivity index (χ2n) is 2.87. The first-order valence-electron chi connectivity index (χ1n) is 4.11. The Kier molecular flexibility index (Phi) is 2.21. The molecular formula is C10H6ClNO3. The van der Waals surface area contributed by atoms with Gasteiger partial charge in [-0.3, -0.25) is 4.57 Å². The quantitative estimate of drug-likeness (QED) is 0.740. The van der Waals surface area contributed by atoms with E-state index in [0.717, 1.165) is 4.57 Å². The molecule has 5 heteroatoms. The maximum atomic E-state index is 11.3. The molecule has 0 bridgehead atoms. The van der Waals surface area contributed by atoms with E-state index >= 15 is 0 Å². The van der Waals surface area contributed by atoms with Crippen molar-refractivity contribution in [3.8, 4) is 0 Å². The predicted molar refractivity (Wildman–Crippen MR) is 58.1 cm³/mol. The van der Waals surface area contributed by atoms with Crippen molar-refractivity contribution in [2.75, 3.05) is 0 Å². The molecule has 0 spiro atoms. The highest BCUT2D eigenvalue weighted by Gasteiger charge is 2.07. The fraction of sp³-hybridized carbons (Fsp3) is 0. The van der Waals surface area contributed by atoms with Gasteiger partial charge in [-0.25, -0.2) is 9.59 Å². The molecule has 2 aromatic rings. The van der Waals surface area contributed by atoms with E-state index < -0.39 is 11.4 Å². The van der Waals surface area contributed by atoms with E-state index in [0.29, 0.717) is 10.5 Å². The molecule has 15 heavy (non-hydrogen) atoms. The summed E-state index contributed by atoms with van der Waals surface area (Å²) in [6.07, 6.45) is 1.28. The number of rotatable bonds is 1. The average Bonchev–Trinajstić information content (AvgIpc) is 2.19. The van der Waals surface area contributed by atoms with Gasteiger partial charge in [0.25, 0.3) is 0 Å². The van der Waals surface area contributed by atoms with E-state index in [1.54, 1.807) is 12.1 Å². The van der Waals surface area contributed by atoms with Gasteiger partial charge in [-0.15, -0.1) is 0 Å². The molecule has 0 saturated heterocycles. The summed E-state index contributed by atoms with van der Waals surface area (Å²) in [4.78, 5) is 22.6. The highest BCUT2D eigenvalue weighted by atomic mass is 35.5. The third-order valence-electron chi connectivity index (χ3n) is 2.00. The molecule has 1 aromatic carbocycles. The van der Waals surface area contributed by atoms with Crippen LogP contribution in [0.5, 0.6) is 0 Å². The molecular weight excluding hydrogens is 218 g/mol. The number of fused-ring (bicyclic) bond motifs is 1. The standard InChI is InChI=1S/C10H6ClNO3/c1-2-12-8-4-3-6(11)5-7(8)9(13)15-10(12)14/h2-5H,1H2. The SMILES string of the molecule is C=Cn1c(=O)oc(=O)c2cc(Cl)ccc21. The Morgan fingerprint density at radius 1 is 1.40 bits per heavy atom. The van der Waals surface area contributed by atoms with Crippen molar-refractivity contribution in [2.24, 2.45) is 0 Å². The summed E-state index contributed by atoms with van der Waals surface area (Å²) >= 11 is 5.73. The van der Waals surface area contributed by atoms with Gasteiger partial charge in [0, 0.05) is 11.2 Å². The van der Waals surface area contributed by atoms with Crippen LogP contribution in [0.1, 0.15) is 0 Å². The molecule has 0 amide bonds. The summed E-state index contributed by atoms with van der Waals surface area (Å²) in [5, 5.41) is 0.658. The summed E-state index contributed by atoms with van der Waals surface area (Å²) in [5.74, 6) is -0.759. The maximum Gasteiger partial charge on any atom is 0.426 e. The molecule has 0 unspecified atom stereocenters. The van der Waals surface area contributed by atoms with E-state index in [2.05, 4.69) is 11.0 Å². The minimum Gasteiger partial charge on any atom is -0.372 e. The van der Waals surface area contributed by atoms with Gasteiger partial charge in [0.1, 0.15) is 0 Å². The van der Waals surface area contributed by atoms with E-state index in [-0.39, 0.29) is 5.39 Å². The molecule has 0 aliphatic rings. The molecule has 0 aliphatic heterocycles. The van der Waals surface area contributed by atoms with Crippen molar-refractivity contribution < 1.29 is 4.42 Å². The second kappa shape index (κ2) is 3.40. The largest absolute Gasteiger partial charge is 0.426 e. The monoisotopic (exact) mass is 223 g/mol. The van der Waals surface area contributed by atoms with Gasteiger partial charge in [-0.1, -0.05) is 18.2 Å². The molecule has 0 saturated carbocycles. The number of hydrogen-bond acceptors (Lipinski definition) is 3. The van der Waals surface area contributed by atoms with E-state index in [9.17, 15) is 9.59 Å². The summed E-state index contributed by atoms with van der Waals surface area (Å²) < 4.78 is 5.64. The van der Waals surface area contributed by atoms with Crippen LogP contribution in [0.25, 0.3) is 17.1 Å². The van der Waals surface area contributed by atoms with Gasteiger partial charge in [-0.05, 0) is 18.2 Å². The lowest BCUT2D eigenvalue weighted by molar-refractivity contribution is 0.448. The highest BCUT2D eigenvalue weighted by molar-refractivity contribution is 6.31. The molecule has 1 aromatic heterocycles. The summed E-state index contributed by atoms with van der Waals surface area (Å²) in [6, 6.07) is 4.60. The van der Waals surface area contributed by atoms with Gasteiger partial charge < -0.3 is 4.42 Å². The Hall–Kier alpha value is -1.81. The smallest absolute Gasteiger partial charge is 0.372 e. The van der Waals surface area contributed by atoms with Crippen molar-refractivity contribution in [3.63, 3.8) is 0 Å². The molecule has 0 N–H and O–H groups in total. The zero-order chi connectivity index (χ0) is 11.0. The lowest BCUT2D eigenvalue weighted by atomic mass is 10.2. The van der Waals surface area contributed by atoms with Crippen LogP contribution in [-0.2, 0) is 0 Å². The fourth-order valence-corrected chi connectivity index (χ4v) is 1.51. The van der Waals surface area contributed by atoms with Gasteiger partial charge in [0.2, 0.25) is 0 Å². The van der Waals surface area contributed by atoms with Crippen LogP contribution in [0.2, 0.25) is 5.02 Å². The van der Waals surface area contributed by atoms with Crippen LogP contribution in [-0.4, -0.2) is 4.57 Å². The van der Waals surface area contributed by atoms with Gasteiger partial charge in [0.15, 0.2) is 0 Å². The molecule has 0 atom stereocenters. The zero-order valence-corrected chi connectivity index (χ0v) is 8.32. The van der Waals surface area contributed by atoms with Crippen LogP contribution in [0.3, 0.4) is 0 Å². The molecule has 76 valence electrons. The van der Waals surface area contributed by atoms with Crippen LogP contribution < -0.4 is 11.4 Å². The van der Waals surface area contributed by atoms with Gasteiger partial charge in [-0.2, -0.15) is 0 Å². The number of benzene rings is 1. The Morgan fingerprint density at radius 2 is 2.13 bits per heavy atom. The lowest BCUT2D eigenvalue weighted by Gasteiger charge is -2.02. The van der Waals surface area contributed by atoms with Crippen molar-refractivity contribution in [3.05, 3.63) is 50.8 Å². The third kappa shape index (κ3) is 1.49. The Morgan fingerprint density at radius 3 is 2.80 bits per heavy atom. The number of hydrogen-bond donors (Lipinski definition) is 0.